The minimum atomic E-state index is 0.170. The van der Waals surface area contributed by atoms with Crippen molar-refractivity contribution in [3.8, 4) is 0 Å². The van der Waals surface area contributed by atoms with Crippen LogP contribution in [0.4, 0.5) is 0 Å². The largest absolute Gasteiger partial charge is 0.378 e. The van der Waals surface area contributed by atoms with E-state index in [1.807, 2.05) is 18.2 Å². The van der Waals surface area contributed by atoms with Crippen molar-refractivity contribution in [2.24, 2.45) is 0 Å². The van der Waals surface area contributed by atoms with E-state index in [1.165, 1.54) is 0 Å². The van der Waals surface area contributed by atoms with E-state index >= 15 is 0 Å². The Morgan fingerprint density at radius 2 is 2.37 bits per heavy atom. The van der Waals surface area contributed by atoms with Gasteiger partial charge in [-0.05, 0) is 31.4 Å². The van der Waals surface area contributed by atoms with Gasteiger partial charge in [0, 0.05) is 40.7 Å². The monoisotopic (exact) mass is 277 g/mol. The smallest absolute Gasteiger partial charge is 0.165 e. The molecule has 1 fully saturated rings. The van der Waals surface area contributed by atoms with Crippen molar-refractivity contribution >= 4 is 28.3 Å². The Labute approximate surface area is 116 Å². The summed E-state index contributed by atoms with van der Waals surface area (Å²) < 4.78 is 5.55. The van der Waals surface area contributed by atoms with Crippen LogP contribution >= 0.6 is 11.6 Å². The fourth-order valence-corrected chi connectivity index (χ4v) is 2.80. The van der Waals surface area contributed by atoms with E-state index in [9.17, 15) is 4.79 Å². The fourth-order valence-electron chi connectivity index (χ4n) is 2.63. The summed E-state index contributed by atoms with van der Waals surface area (Å²) in [4.78, 5) is 15.4. The van der Waals surface area contributed by atoms with Gasteiger partial charge >= 0.3 is 0 Å². The second-order valence-corrected chi connectivity index (χ2v) is 5.43. The van der Waals surface area contributed by atoms with E-state index < -0.39 is 0 Å². The summed E-state index contributed by atoms with van der Waals surface area (Å²) in [6.45, 7) is 0.838. The molecule has 0 amide bonds. The van der Waals surface area contributed by atoms with Gasteiger partial charge in [0.2, 0.25) is 0 Å². The number of H-pyrrole nitrogens is 1. The molecule has 1 aromatic heterocycles. The highest BCUT2D eigenvalue weighted by Gasteiger charge is 2.18. The molecule has 2 aromatic rings. The summed E-state index contributed by atoms with van der Waals surface area (Å²) in [7, 11) is 0. The molecule has 1 N–H and O–H groups in total. The van der Waals surface area contributed by atoms with E-state index in [4.69, 9.17) is 16.3 Å². The summed E-state index contributed by atoms with van der Waals surface area (Å²) in [5, 5.41) is 1.62. The molecule has 0 saturated carbocycles. The van der Waals surface area contributed by atoms with Crippen LogP contribution in [0.15, 0.2) is 24.4 Å². The number of fused-ring (bicyclic) bond motifs is 1. The highest BCUT2D eigenvalue weighted by atomic mass is 35.5. The van der Waals surface area contributed by atoms with Gasteiger partial charge in [-0.25, -0.2) is 0 Å². The van der Waals surface area contributed by atoms with E-state index in [1.54, 1.807) is 6.20 Å². The first-order valence-corrected chi connectivity index (χ1v) is 7.03. The Hall–Kier alpha value is -1.32. The first-order valence-electron chi connectivity index (χ1n) is 6.65. The molecule has 1 aliphatic heterocycles. The van der Waals surface area contributed by atoms with Crippen molar-refractivity contribution < 1.29 is 9.53 Å². The molecule has 4 heteroatoms. The Morgan fingerprint density at radius 1 is 1.47 bits per heavy atom. The quantitative estimate of drug-likeness (QED) is 0.860. The van der Waals surface area contributed by atoms with Gasteiger partial charge in [-0.3, -0.25) is 4.79 Å². The Morgan fingerprint density at radius 3 is 3.16 bits per heavy atom. The third kappa shape index (κ3) is 2.67. The lowest BCUT2D eigenvalue weighted by atomic mass is 10.0. The molecular formula is C15H16ClNO2. The number of ketones is 1. The zero-order chi connectivity index (χ0) is 13.2. The predicted molar refractivity (Wildman–Crippen MR) is 75.8 cm³/mol. The molecule has 0 bridgehead atoms. The van der Waals surface area contributed by atoms with Crippen LogP contribution in [0.1, 0.15) is 36.0 Å². The molecular weight excluding hydrogens is 262 g/mol. The molecule has 0 spiro atoms. The average molecular weight is 278 g/mol. The van der Waals surface area contributed by atoms with Gasteiger partial charge in [0.05, 0.1) is 6.10 Å². The van der Waals surface area contributed by atoms with Crippen molar-refractivity contribution in [3.63, 3.8) is 0 Å². The summed E-state index contributed by atoms with van der Waals surface area (Å²) >= 11 is 5.93. The molecule has 1 aliphatic rings. The van der Waals surface area contributed by atoms with Gasteiger partial charge in [-0.1, -0.05) is 17.7 Å². The molecule has 1 atom stereocenters. The average Bonchev–Trinajstić information content (AvgIpc) is 3.04. The number of hydrogen-bond acceptors (Lipinski definition) is 2. The minimum Gasteiger partial charge on any atom is -0.378 e. The lowest BCUT2D eigenvalue weighted by molar-refractivity contribution is 0.0860. The second kappa shape index (κ2) is 5.35. The number of nitrogens with one attached hydrogen (secondary N) is 1. The molecule has 19 heavy (non-hydrogen) atoms. The number of carbonyl (C=O) groups is 1. The SMILES string of the molecule is O=C(CCC1CCCO1)c1c[nH]c2cc(Cl)ccc12. The fraction of sp³-hybridized carbons (Fsp3) is 0.400. The number of rotatable bonds is 4. The maximum Gasteiger partial charge on any atom is 0.165 e. The van der Waals surface area contributed by atoms with E-state index in [2.05, 4.69) is 4.98 Å². The number of Topliss-reactive ketones (excluding diaryl/α,β-unsaturated/α-hetero) is 1. The van der Waals surface area contributed by atoms with Gasteiger partial charge in [0.15, 0.2) is 5.78 Å². The normalized spacial score (nSPS) is 19.1. The highest BCUT2D eigenvalue weighted by molar-refractivity contribution is 6.31. The van der Waals surface area contributed by atoms with Crippen LogP contribution in [0, 0.1) is 0 Å². The zero-order valence-corrected chi connectivity index (χ0v) is 11.4. The first kappa shape index (κ1) is 12.7. The van der Waals surface area contributed by atoms with Gasteiger partial charge in [0.1, 0.15) is 0 Å². The van der Waals surface area contributed by atoms with Crippen molar-refractivity contribution in [3.05, 3.63) is 35.0 Å². The van der Waals surface area contributed by atoms with Gasteiger partial charge in [-0.2, -0.15) is 0 Å². The van der Waals surface area contributed by atoms with E-state index in [0.717, 1.165) is 42.3 Å². The van der Waals surface area contributed by atoms with E-state index in [0.29, 0.717) is 11.4 Å². The van der Waals surface area contributed by atoms with Crippen LogP contribution < -0.4 is 0 Å². The van der Waals surface area contributed by atoms with Crippen molar-refractivity contribution in [1.29, 1.82) is 0 Å². The van der Waals surface area contributed by atoms with Crippen LogP contribution in [-0.2, 0) is 4.74 Å². The number of aromatic amines is 1. The Balaban J connectivity index is 1.74. The van der Waals surface area contributed by atoms with Gasteiger partial charge < -0.3 is 9.72 Å². The predicted octanol–water partition coefficient (Wildman–Crippen LogP) is 3.96. The number of carbonyl (C=O) groups excluding carboxylic acids is 1. The minimum absolute atomic E-state index is 0.170. The molecule has 1 unspecified atom stereocenters. The zero-order valence-electron chi connectivity index (χ0n) is 10.6. The lowest BCUT2D eigenvalue weighted by Gasteiger charge is -2.07. The summed E-state index contributed by atoms with van der Waals surface area (Å²) in [5.74, 6) is 0.170. The summed E-state index contributed by atoms with van der Waals surface area (Å²) in [6, 6.07) is 5.55. The van der Waals surface area contributed by atoms with Crippen molar-refractivity contribution in [2.45, 2.75) is 31.8 Å². The molecule has 3 nitrogen and oxygen atoms in total. The van der Waals surface area contributed by atoms with Crippen molar-refractivity contribution in [2.75, 3.05) is 6.61 Å². The van der Waals surface area contributed by atoms with Crippen LogP contribution in [0.2, 0.25) is 5.02 Å². The number of hydrogen-bond donors (Lipinski definition) is 1. The molecule has 100 valence electrons. The number of benzene rings is 1. The maximum absolute atomic E-state index is 12.3. The summed E-state index contributed by atoms with van der Waals surface area (Å²) in [6.07, 6.45) is 5.60. The Bertz CT molecular complexity index is 599. The lowest BCUT2D eigenvalue weighted by Crippen LogP contribution is -2.08. The first-order chi connectivity index (χ1) is 9.24. The van der Waals surface area contributed by atoms with Crippen LogP contribution in [-0.4, -0.2) is 23.5 Å². The van der Waals surface area contributed by atoms with Crippen molar-refractivity contribution in [1.82, 2.24) is 4.98 Å². The van der Waals surface area contributed by atoms with E-state index in [-0.39, 0.29) is 11.9 Å². The molecule has 1 saturated heterocycles. The van der Waals surface area contributed by atoms with Crippen LogP contribution in [0.25, 0.3) is 10.9 Å². The third-order valence-electron chi connectivity index (χ3n) is 3.66. The number of aromatic nitrogens is 1. The van der Waals surface area contributed by atoms with Gasteiger partial charge in [-0.15, -0.1) is 0 Å². The van der Waals surface area contributed by atoms with Crippen LogP contribution in [0.5, 0.6) is 0 Å². The number of ether oxygens (including phenoxy) is 1. The standard InChI is InChI=1S/C15H16ClNO2/c16-10-3-5-12-13(9-17-14(12)8-10)15(18)6-4-11-2-1-7-19-11/h3,5,8-9,11,17H,1-2,4,6-7H2. The number of halogens is 1. The molecule has 0 radical (unpaired) electrons. The summed E-state index contributed by atoms with van der Waals surface area (Å²) in [5.41, 5.74) is 1.66. The maximum atomic E-state index is 12.3. The molecule has 2 heterocycles. The topological polar surface area (TPSA) is 42.1 Å². The highest BCUT2D eigenvalue weighted by Crippen LogP contribution is 2.24. The Kier molecular flexibility index (Phi) is 3.58. The third-order valence-corrected chi connectivity index (χ3v) is 3.90. The molecule has 1 aromatic carbocycles. The molecule has 0 aliphatic carbocycles. The van der Waals surface area contributed by atoms with Gasteiger partial charge in [0.25, 0.3) is 0 Å². The van der Waals surface area contributed by atoms with Crippen LogP contribution in [0.3, 0.4) is 0 Å². The molecule has 3 rings (SSSR count). The second-order valence-electron chi connectivity index (χ2n) is 4.99.